The van der Waals surface area contributed by atoms with Crippen LogP contribution in [0.15, 0.2) is 18.7 Å². The highest BCUT2D eigenvalue weighted by atomic mass is 32.1. The van der Waals surface area contributed by atoms with Crippen LogP contribution in [0, 0.1) is 6.92 Å². The molecule has 0 saturated heterocycles. The molecule has 0 atom stereocenters. The number of nitrogen functional groups attached to an aromatic ring is 1. The van der Waals surface area contributed by atoms with Crippen molar-refractivity contribution in [2.24, 2.45) is 0 Å². The molecule has 0 bridgehead atoms. The normalized spacial score (nSPS) is 10.2. The second-order valence-corrected chi connectivity index (χ2v) is 3.44. The highest BCUT2D eigenvalue weighted by molar-refractivity contribution is 7.10. The van der Waals surface area contributed by atoms with Gasteiger partial charge in [-0.05, 0) is 18.5 Å². The zero-order valence-corrected chi connectivity index (χ0v) is 7.88. The second kappa shape index (κ2) is 3.10. The monoisotopic (exact) mass is 192 g/mol. The third-order valence-electron chi connectivity index (χ3n) is 1.74. The zero-order chi connectivity index (χ0) is 9.26. The lowest BCUT2D eigenvalue weighted by molar-refractivity contribution is 1.17. The molecular formula is C8H8N4S. The number of rotatable bonds is 1. The Kier molecular flexibility index (Phi) is 1.94. The van der Waals surface area contributed by atoms with Crippen molar-refractivity contribution in [2.75, 3.05) is 5.73 Å². The molecule has 0 aliphatic rings. The van der Waals surface area contributed by atoms with Crippen LogP contribution in [-0.2, 0) is 0 Å². The zero-order valence-electron chi connectivity index (χ0n) is 7.06. The van der Waals surface area contributed by atoms with E-state index < -0.39 is 0 Å². The van der Waals surface area contributed by atoms with Gasteiger partial charge >= 0.3 is 0 Å². The average molecular weight is 192 g/mol. The van der Waals surface area contributed by atoms with Crippen molar-refractivity contribution >= 4 is 16.5 Å². The number of aryl methyl sites for hydroxylation is 1. The molecule has 0 aliphatic carbocycles. The predicted octanol–water partition coefficient (Wildman–Crippen LogP) is 1.49. The van der Waals surface area contributed by atoms with Crippen LogP contribution in [0.2, 0.25) is 0 Å². The van der Waals surface area contributed by atoms with Crippen LogP contribution in [0.5, 0.6) is 0 Å². The molecule has 2 aromatic heterocycles. The van der Waals surface area contributed by atoms with E-state index in [0.29, 0.717) is 5.00 Å². The van der Waals surface area contributed by atoms with E-state index in [-0.39, 0.29) is 0 Å². The number of anilines is 1. The van der Waals surface area contributed by atoms with Gasteiger partial charge in [-0.25, -0.2) is 9.97 Å². The van der Waals surface area contributed by atoms with Gasteiger partial charge in [0.05, 0.1) is 5.69 Å². The summed E-state index contributed by atoms with van der Waals surface area (Å²) in [6, 6.07) is 0. The number of nitrogens with two attached hydrogens (primary N) is 1. The quantitative estimate of drug-likeness (QED) is 0.743. The van der Waals surface area contributed by atoms with Gasteiger partial charge in [-0.1, -0.05) is 0 Å². The van der Waals surface area contributed by atoms with Gasteiger partial charge in [-0.3, -0.25) is 0 Å². The molecule has 0 aliphatic heterocycles. The fourth-order valence-electron chi connectivity index (χ4n) is 1.17. The van der Waals surface area contributed by atoms with Crippen molar-refractivity contribution < 1.29 is 0 Å². The third kappa shape index (κ3) is 1.38. The minimum atomic E-state index is 0.715. The molecule has 2 rings (SSSR count). The van der Waals surface area contributed by atoms with Crippen molar-refractivity contribution in [3.8, 4) is 11.1 Å². The van der Waals surface area contributed by atoms with E-state index in [1.165, 1.54) is 17.9 Å². The second-order valence-electron chi connectivity index (χ2n) is 2.63. The highest BCUT2D eigenvalue weighted by Gasteiger charge is 2.09. The number of hydrogen-bond donors (Lipinski definition) is 1. The summed E-state index contributed by atoms with van der Waals surface area (Å²) in [5, 5.41) is 0.715. The largest absolute Gasteiger partial charge is 0.389 e. The van der Waals surface area contributed by atoms with E-state index in [1.807, 2.05) is 6.92 Å². The first kappa shape index (κ1) is 8.12. The Balaban J connectivity index is 2.59. The van der Waals surface area contributed by atoms with Gasteiger partial charge in [0.25, 0.3) is 0 Å². The van der Waals surface area contributed by atoms with Crippen molar-refractivity contribution in [1.82, 2.24) is 14.3 Å². The molecule has 0 aromatic carbocycles. The Morgan fingerprint density at radius 2 is 2.00 bits per heavy atom. The van der Waals surface area contributed by atoms with Crippen LogP contribution < -0.4 is 5.73 Å². The Hall–Kier alpha value is -1.49. The minimum Gasteiger partial charge on any atom is -0.389 e. The maximum Gasteiger partial charge on any atom is 0.115 e. The summed E-state index contributed by atoms with van der Waals surface area (Å²) in [5.74, 6) is 0. The molecule has 2 N–H and O–H groups in total. The minimum absolute atomic E-state index is 0.715. The molecule has 2 heterocycles. The van der Waals surface area contributed by atoms with E-state index in [0.717, 1.165) is 16.8 Å². The first-order chi connectivity index (χ1) is 6.29. The van der Waals surface area contributed by atoms with Crippen molar-refractivity contribution in [1.29, 1.82) is 0 Å². The summed E-state index contributed by atoms with van der Waals surface area (Å²) in [7, 11) is 0. The molecule has 0 unspecified atom stereocenters. The lowest BCUT2D eigenvalue weighted by Crippen LogP contribution is -1.87. The molecule has 4 nitrogen and oxygen atoms in total. The van der Waals surface area contributed by atoms with Crippen LogP contribution in [0.3, 0.4) is 0 Å². The maximum atomic E-state index is 5.77. The van der Waals surface area contributed by atoms with Gasteiger partial charge in [-0.15, -0.1) is 0 Å². The molecule has 13 heavy (non-hydrogen) atoms. The molecule has 0 fully saturated rings. The Morgan fingerprint density at radius 3 is 2.54 bits per heavy atom. The first-order valence-corrected chi connectivity index (χ1v) is 4.53. The van der Waals surface area contributed by atoms with Crippen LogP contribution >= 0.6 is 11.5 Å². The summed E-state index contributed by atoms with van der Waals surface area (Å²) >= 11 is 1.30. The van der Waals surface area contributed by atoms with E-state index >= 15 is 0 Å². The summed E-state index contributed by atoms with van der Waals surface area (Å²) in [4.78, 5) is 7.87. The van der Waals surface area contributed by atoms with Gasteiger partial charge in [0.1, 0.15) is 11.3 Å². The smallest absolute Gasteiger partial charge is 0.115 e. The maximum absolute atomic E-state index is 5.77. The Morgan fingerprint density at radius 1 is 1.31 bits per heavy atom. The third-order valence-corrected chi connectivity index (χ3v) is 2.50. The van der Waals surface area contributed by atoms with E-state index in [4.69, 9.17) is 5.73 Å². The average Bonchev–Trinajstić information content (AvgIpc) is 2.48. The molecule has 0 radical (unpaired) electrons. The number of nitrogens with zero attached hydrogens (tertiary/aromatic N) is 3. The predicted molar refractivity (Wildman–Crippen MR) is 52.3 cm³/mol. The van der Waals surface area contributed by atoms with Gasteiger partial charge in [0.2, 0.25) is 0 Å². The van der Waals surface area contributed by atoms with Gasteiger partial charge < -0.3 is 5.73 Å². The molecule has 2 aromatic rings. The van der Waals surface area contributed by atoms with Crippen molar-refractivity contribution in [2.45, 2.75) is 6.92 Å². The van der Waals surface area contributed by atoms with E-state index in [9.17, 15) is 0 Å². The fraction of sp³-hybridized carbons (Fsp3) is 0.125. The van der Waals surface area contributed by atoms with Crippen LogP contribution in [-0.4, -0.2) is 14.3 Å². The van der Waals surface area contributed by atoms with E-state index in [1.54, 1.807) is 12.4 Å². The fourth-order valence-corrected chi connectivity index (χ4v) is 1.85. The van der Waals surface area contributed by atoms with Crippen molar-refractivity contribution in [3.05, 3.63) is 24.4 Å². The molecule has 5 heteroatoms. The number of aromatic nitrogens is 3. The van der Waals surface area contributed by atoms with Crippen LogP contribution in [0.1, 0.15) is 5.69 Å². The summed E-state index contributed by atoms with van der Waals surface area (Å²) in [6.45, 7) is 1.93. The van der Waals surface area contributed by atoms with Crippen molar-refractivity contribution in [3.63, 3.8) is 0 Å². The molecule has 0 spiro atoms. The van der Waals surface area contributed by atoms with Gasteiger partial charge in [0, 0.05) is 23.5 Å². The summed E-state index contributed by atoms with van der Waals surface area (Å²) in [6.07, 6.45) is 4.97. The summed E-state index contributed by atoms with van der Waals surface area (Å²) < 4.78 is 4.15. The molecule has 0 amide bonds. The Bertz CT molecular complexity index is 390. The Labute approximate surface area is 79.6 Å². The molecule has 66 valence electrons. The SMILES string of the molecule is Cc1nsc(N)c1-c1cncnc1. The highest BCUT2D eigenvalue weighted by Crippen LogP contribution is 2.30. The van der Waals surface area contributed by atoms with Gasteiger partial charge in [-0.2, -0.15) is 4.37 Å². The van der Waals surface area contributed by atoms with Crippen LogP contribution in [0.25, 0.3) is 11.1 Å². The first-order valence-electron chi connectivity index (χ1n) is 3.76. The molecule has 0 saturated carbocycles. The number of hydrogen-bond acceptors (Lipinski definition) is 5. The van der Waals surface area contributed by atoms with Gasteiger partial charge in [0.15, 0.2) is 0 Å². The standard InChI is InChI=1S/C8H8N4S/c1-5-7(8(9)13-12-5)6-2-10-4-11-3-6/h2-4H,9H2,1H3. The van der Waals surface area contributed by atoms with E-state index in [2.05, 4.69) is 14.3 Å². The lowest BCUT2D eigenvalue weighted by atomic mass is 10.1. The topological polar surface area (TPSA) is 64.7 Å². The van der Waals surface area contributed by atoms with Crippen LogP contribution in [0.4, 0.5) is 5.00 Å². The summed E-state index contributed by atoms with van der Waals surface area (Å²) in [5.41, 5.74) is 8.57. The lowest BCUT2D eigenvalue weighted by Gasteiger charge is -1.98. The molecular weight excluding hydrogens is 184 g/mol.